The standard InChI is InChI=1S/C14H17FN2O2/c15-11-8-9(18)3-4-10(11)14(19)16-12-5-7-17-6-1-2-13(12)17/h3-4,8,12-13,18H,1-2,5-7H2,(H,16,19). The molecule has 102 valence electrons. The maximum absolute atomic E-state index is 13.6. The van der Waals surface area contributed by atoms with Crippen LogP contribution in [-0.2, 0) is 0 Å². The number of phenols is 1. The topological polar surface area (TPSA) is 52.6 Å². The quantitative estimate of drug-likeness (QED) is 0.851. The van der Waals surface area contributed by atoms with Gasteiger partial charge in [0.15, 0.2) is 0 Å². The molecule has 2 aliphatic rings. The Morgan fingerprint density at radius 1 is 1.37 bits per heavy atom. The lowest BCUT2D eigenvalue weighted by molar-refractivity contribution is 0.0925. The van der Waals surface area contributed by atoms with Gasteiger partial charge in [0, 0.05) is 24.7 Å². The molecule has 0 spiro atoms. The zero-order chi connectivity index (χ0) is 13.4. The van der Waals surface area contributed by atoms with Crippen LogP contribution < -0.4 is 5.32 Å². The largest absolute Gasteiger partial charge is 0.508 e. The molecule has 1 aromatic rings. The second-order valence-corrected chi connectivity index (χ2v) is 5.28. The lowest BCUT2D eigenvalue weighted by atomic mass is 10.1. The summed E-state index contributed by atoms with van der Waals surface area (Å²) in [6.07, 6.45) is 3.20. The van der Waals surface area contributed by atoms with E-state index < -0.39 is 11.7 Å². The maximum atomic E-state index is 13.6. The first-order valence-electron chi connectivity index (χ1n) is 6.68. The number of rotatable bonds is 2. The normalized spacial score (nSPS) is 26.4. The van der Waals surface area contributed by atoms with E-state index in [9.17, 15) is 9.18 Å². The molecule has 1 aromatic carbocycles. The summed E-state index contributed by atoms with van der Waals surface area (Å²) in [6.45, 7) is 2.11. The van der Waals surface area contributed by atoms with Crippen LogP contribution in [0.4, 0.5) is 4.39 Å². The minimum atomic E-state index is -0.682. The summed E-state index contributed by atoms with van der Waals surface area (Å²) in [5.41, 5.74) is -0.00533. The summed E-state index contributed by atoms with van der Waals surface area (Å²) >= 11 is 0. The number of hydrogen-bond acceptors (Lipinski definition) is 3. The van der Waals surface area contributed by atoms with E-state index in [2.05, 4.69) is 10.2 Å². The zero-order valence-electron chi connectivity index (χ0n) is 10.6. The lowest BCUT2D eigenvalue weighted by Crippen LogP contribution is -2.42. The first-order chi connectivity index (χ1) is 9.15. The van der Waals surface area contributed by atoms with Crippen LogP contribution in [0.1, 0.15) is 29.6 Å². The fraction of sp³-hybridized carbons (Fsp3) is 0.500. The van der Waals surface area contributed by atoms with E-state index in [4.69, 9.17) is 5.11 Å². The number of carbonyl (C=O) groups is 1. The Morgan fingerprint density at radius 3 is 3.00 bits per heavy atom. The molecule has 2 N–H and O–H groups in total. The molecule has 5 heteroatoms. The number of nitrogens with zero attached hydrogens (tertiary/aromatic N) is 1. The van der Waals surface area contributed by atoms with Crippen LogP contribution >= 0.6 is 0 Å². The van der Waals surface area contributed by atoms with Gasteiger partial charge in [-0.3, -0.25) is 9.69 Å². The van der Waals surface area contributed by atoms with Crippen LogP contribution in [0.3, 0.4) is 0 Å². The number of halogens is 1. The van der Waals surface area contributed by atoms with E-state index in [-0.39, 0.29) is 17.4 Å². The van der Waals surface area contributed by atoms with Crippen LogP contribution in [0.5, 0.6) is 5.75 Å². The van der Waals surface area contributed by atoms with Crippen LogP contribution in [0, 0.1) is 5.82 Å². The van der Waals surface area contributed by atoms with Gasteiger partial charge < -0.3 is 10.4 Å². The van der Waals surface area contributed by atoms with E-state index in [0.29, 0.717) is 6.04 Å². The molecule has 2 heterocycles. The van der Waals surface area contributed by atoms with Crippen molar-refractivity contribution < 1.29 is 14.3 Å². The Balaban J connectivity index is 1.71. The average molecular weight is 264 g/mol. The van der Waals surface area contributed by atoms with Gasteiger partial charge in [0.1, 0.15) is 11.6 Å². The molecule has 2 atom stereocenters. The van der Waals surface area contributed by atoms with E-state index >= 15 is 0 Å². The Bertz CT molecular complexity index is 506. The molecule has 2 saturated heterocycles. The van der Waals surface area contributed by atoms with E-state index in [0.717, 1.165) is 32.0 Å². The first-order valence-corrected chi connectivity index (χ1v) is 6.68. The highest BCUT2D eigenvalue weighted by atomic mass is 19.1. The SMILES string of the molecule is O=C(NC1CCN2CCCC12)c1ccc(O)cc1F. The van der Waals surface area contributed by atoms with Crippen molar-refractivity contribution in [1.82, 2.24) is 10.2 Å². The molecule has 2 aliphatic heterocycles. The van der Waals surface area contributed by atoms with Crippen molar-refractivity contribution in [2.24, 2.45) is 0 Å². The molecule has 2 fully saturated rings. The van der Waals surface area contributed by atoms with Crippen molar-refractivity contribution in [3.63, 3.8) is 0 Å². The van der Waals surface area contributed by atoms with Crippen molar-refractivity contribution in [2.75, 3.05) is 13.1 Å². The van der Waals surface area contributed by atoms with Crippen molar-refractivity contribution in [1.29, 1.82) is 0 Å². The smallest absolute Gasteiger partial charge is 0.254 e. The van der Waals surface area contributed by atoms with Crippen molar-refractivity contribution in [2.45, 2.75) is 31.3 Å². The highest BCUT2D eigenvalue weighted by Gasteiger charge is 2.38. The fourth-order valence-electron chi connectivity index (χ4n) is 3.19. The minimum absolute atomic E-state index is 0.00533. The van der Waals surface area contributed by atoms with Gasteiger partial charge in [-0.2, -0.15) is 0 Å². The third-order valence-corrected chi connectivity index (χ3v) is 4.12. The Kier molecular flexibility index (Phi) is 3.14. The van der Waals surface area contributed by atoms with E-state index in [1.54, 1.807) is 0 Å². The molecule has 1 amide bonds. The molecule has 0 saturated carbocycles. The van der Waals surface area contributed by atoms with Crippen molar-refractivity contribution in [3.05, 3.63) is 29.6 Å². The van der Waals surface area contributed by atoms with Gasteiger partial charge in [-0.15, -0.1) is 0 Å². The average Bonchev–Trinajstić information content (AvgIpc) is 2.94. The number of benzene rings is 1. The maximum Gasteiger partial charge on any atom is 0.254 e. The number of fused-ring (bicyclic) bond motifs is 1. The predicted octanol–water partition coefficient (Wildman–Crippen LogP) is 1.50. The summed E-state index contributed by atoms with van der Waals surface area (Å²) in [6, 6.07) is 4.13. The van der Waals surface area contributed by atoms with E-state index in [1.807, 2.05) is 0 Å². The number of carbonyl (C=O) groups excluding carboxylic acids is 1. The summed E-state index contributed by atoms with van der Waals surface area (Å²) < 4.78 is 13.6. The summed E-state index contributed by atoms with van der Waals surface area (Å²) in [5.74, 6) is -1.24. The molecular formula is C14H17FN2O2. The van der Waals surface area contributed by atoms with Gasteiger partial charge in [0.2, 0.25) is 0 Å². The van der Waals surface area contributed by atoms with Crippen molar-refractivity contribution >= 4 is 5.91 Å². The first kappa shape index (κ1) is 12.4. The van der Waals surface area contributed by atoms with Gasteiger partial charge in [-0.25, -0.2) is 4.39 Å². The second kappa shape index (κ2) is 4.81. The predicted molar refractivity (Wildman–Crippen MR) is 68.5 cm³/mol. The molecule has 3 rings (SSSR count). The van der Waals surface area contributed by atoms with Gasteiger partial charge >= 0.3 is 0 Å². The number of nitrogens with one attached hydrogen (secondary N) is 1. The third kappa shape index (κ3) is 2.30. The molecule has 4 nitrogen and oxygen atoms in total. The number of aromatic hydroxyl groups is 1. The Morgan fingerprint density at radius 2 is 2.21 bits per heavy atom. The van der Waals surface area contributed by atoms with Crippen LogP contribution in [-0.4, -0.2) is 41.1 Å². The van der Waals surface area contributed by atoms with Gasteiger partial charge in [-0.05, 0) is 37.9 Å². The van der Waals surface area contributed by atoms with Crippen LogP contribution in [0.2, 0.25) is 0 Å². The molecule has 0 bridgehead atoms. The number of amides is 1. The second-order valence-electron chi connectivity index (χ2n) is 5.28. The molecule has 0 aliphatic carbocycles. The summed E-state index contributed by atoms with van der Waals surface area (Å²) in [5, 5.41) is 12.1. The Hall–Kier alpha value is -1.62. The molecule has 19 heavy (non-hydrogen) atoms. The summed E-state index contributed by atoms with van der Waals surface area (Å²) in [7, 11) is 0. The Labute approximate surface area is 111 Å². The van der Waals surface area contributed by atoms with Gasteiger partial charge in [0.25, 0.3) is 5.91 Å². The zero-order valence-corrected chi connectivity index (χ0v) is 10.6. The molecule has 0 radical (unpaired) electrons. The van der Waals surface area contributed by atoms with E-state index in [1.165, 1.54) is 18.6 Å². The van der Waals surface area contributed by atoms with Crippen LogP contribution in [0.25, 0.3) is 0 Å². The van der Waals surface area contributed by atoms with Crippen LogP contribution in [0.15, 0.2) is 18.2 Å². The fourth-order valence-corrected chi connectivity index (χ4v) is 3.19. The molecule has 0 aromatic heterocycles. The molecule has 2 unspecified atom stereocenters. The minimum Gasteiger partial charge on any atom is -0.508 e. The summed E-state index contributed by atoms with van der Waals surface area (Å²) in [4.78, 5) is 14.5. The number of hydrogen-bond donors (Lipinski definition) is 2. The third-order valence-electron chi connectivity index (χ3n) is 4.12. The number of phenolic OH excluding ortho intramolecular Hbond substituents is 1. The van der Waals surface area contributed by atoms with Crippen molar-refractivity contribution in [3.8, 4) is 5.75 Å². The highest BCUT2D eigenvalue weighted by Crippen LogP contribution is 2.28. The van der Waals surface area contributed by atoms with Gasteiger partial charge in [0.05, 0.1) is 5.56 Å². The highest BCUT2D eigenvalue weighted by molar-refractivity contribution is 5.94. The molecular weight excluding hydrogens is 247 g/mol. The van der Waals surface area contributed by atoms with Gasteiger partial charge in [-0.1, -0.05) is 0 Å². The lowest BCUT2D eigenvalue weighted by Gasteiger charge is -2.21. The monoisotopic (exact) mass is 264 g/mol.